The van der Waals surface area contributed by atoms with E-state index in [1.165, 1.54) is 19.9 Å². The van der Waals surface area contributed by atoms with E-state index in [9.17, 15) is 9.59 Å². The fourth-order valence-corrected chi connectivity index (χ4v) is 0.812. The molecule has 0 heterocycles. The van der Waals surface area contributed by atoms with E-state index in [1.54, 1.807) is 0 Å². The highest BCUT2D eigenvalue weighted by atomic mass is 16.4. The number of rotatable bonds is 6. The maximum atomic E-state index is 10.1. The van der Waals surface area contributed by atoms with Crippen molar-refractivity contribution in [3.8, 4) is 0 Å². The molecule has 0 aliphatic heterocycles. The molecule has 0 radical (unpaired) electrons. The molecule has 1 atom stereocenters. The Labute approximate surface area is 106 Å². The van der Waals surface area contributed by atoms with E-state index in [0.717, 1.165) is 0 Å². The lowest BCUT2D eigenvalue weighted by Crippen LogP contribution is -2.07. The van der Waals surface area contributed by atoms with Crippen molar-refractivity contribution in [1.82, 2.24) is 0 Å². The van der Waals surface area contributed by atoms with Gasteiger partial charge in [-0.2, -0.15) is 0 Å². The molecular weight excluding hydrogens is 240 g/mol. The largest absolute Gasteiger partial charge is 0.478 e. The zero-order valence-electron chi connectivity index (χ0n) is 10.6. The van der Waals surface area contributed by atoms with Crippen LogP contribution in [0.1, 0.15) is 26.7 Å². The van der Waals surface area contributed by atoms with Gasteiger partial charge in [-0.25, -0.2) is 9.59 Å². The molecule has 18 heavy (non-hydrogen) atoms. The highest BCUT2D eigenvalue weighted by Gasteiger charge is 2.05. The molecule has 6 nitrogen and oxygen atoms in total. The monoisotopic (exact) mass is 260 g/mol. The van der Waals surface area contributed by atoms with E-state index in [4.69, 9.17) is 20.4 Å². The molecule has 0 saturated heterocycles. The molecule has 0 amide bonds. The Morgan fingerprint density at radius 3 is 2.00 bits per heavy atom. The van der Waals surface area contributed by atoms with Crippen LogP contribution in [0.4, 0.5) is 0 Å². The number of aliphatic hydroxyl groups excluding tert-OH is 2. The molecule has 0 bridgehead atoms. The van der Waals surface area contributed by atoms with Gasteiger partial charge in [0.1, 0.15) is 0 Å². The van der Waals surface area contributed by atoms with Gasteiger partial charge in [-0.3, -0.25) is 0 Å². The van der Waals surface area contributed by atoms with Crippen LogP contribution < -0.4 is 0 Å². The summed E-state index contributed by atoms with van der Waals surface area (Å²) in [6.07, 6.45) is 1.42. The quantitative estimate of drug-likeness (QED) is 0.525. The van der Waals surface area contributed by atoms with Gasteiger partial charge in [-0.1, -0.05) is 12.7 Å². The Morgan fingerprint density at radius 2 is 1.78 bits per heavy atom. The van der Waals surface area contributed by atoms with Crippen molar-refractivity contribution in [2.45, 2.75) is 32.8 Å². The van der Waals surface area contributed by atoms with Gasteiger partial charge in [0.15, 0.2) is 0 Å². The summed E-state index contributed by atoms with van der Waals surface area (Å²) in [7, 11) is 0. The normalized spacial score (nSPS) is 12.1. The second-order valence-electron chi connectivity index (χ2n) is 3.67. The van der Waals surface area contributed by atoms with Crippen molar-refractivity contribution in [1.29, 1.82) is 0 Å². The zero-order chi connectivity index (χ0) is 14.7. The standard InChI is InChI=1S/2C6H10O3/c1-4(6(8)9)3-5(2)7;1-5(6(8)9)3-2-4-7/h5,7H,1,3H2,2H3,(H,8,9);3,7H,2,4H2,1H3,(H,8,9). The summed E-state index contributed by atoms with van der Waals surface area (Å²) in [5.74, 6) is -1.97. The van der Waals surface area contributed by atoms with Gasteiger partial charge in [0.2, 0.25) is 0 Å². The van der Waals surface area contributed by atoms with Crippen LogP contribution >= 0.6 is 0 Å². The summed E-state index contributed by atoms with van der Waals surface area (Å²) in [6.45, 7) is 6.26. The van der Waals surface area contributed by atoms with Crippen molar-refractivity contribution in [2.24, 2.45) is 0 Å². The highest BCUT2D eigenvalue weighted by molar-refractivity contribution is 5.86. The van der Waals surface area contributed by atoms with E-state index < -0.39 is 18.0 Å². The van der Waals surface area contributed by atoms with Gasteiger partial charge >= 0.3 is 11.9 Å². The molecule has 0 aliphatic rings. The summed E-state index contributed by atoms with van der Waals surface area (Å²) >= 11 is 0. The number of carbonyl (C=O) groups is 2. The van der Waals surface area contributed by atoms with Gasteiger partial charge in [-0.05, 0) is 20.3 Å². The van der Waals surface area contributed by atoms with Crippen molar-refractivity contribution < 1.29 is 30.0 Å². The molecule has 0 aromatic carbocycles. The summed E-state index contributed by atoms with van der Waals surface area (Å²) < 4.78 is 0. The fourth-order valence-electron chi connectivity index (χ4n) is 0.812. The predicted octanol–water partition coefficient (Wildman–Crippen LogP) is 0.798. The Balaban J connectivity index is 0. The third kappa shape index (κ3) is 12.4. The highest BCUT2D eigenvalue weighted by Crippen LogP contribution is 2.01. The van der Waals surface area contributed by atoms with Gasteiger partial charge in [0, 0.05) is 24.2 Å². The average Bonchev–Trinajstić information content (AvgIpc) is 2.25. The van der Waals surface area contributed by atoms with Crippen LogP contribution in [0.3, 0.4) is 0 Å². The number of carboxylic acid groups (broad SMARTS) is 2. The molecule has 0 saturated carbocycles. The zero-order valence-corrected chi connectivity index (χ0v) is 10.6. The first-order valence-electron chi connectivity index (χ1n) is 5.32. The van der Waals surface area contributed by atoms with Crippen molar-refractivity contribution in [3.63, 3.8) is 0 Å². The molecule has 0 aromatic rings. The summed E-state index contributed by atoms with van der Waals surface area (Å²) in [5.41, 5.74) is 0.328. The van der Waals surface area contributed by atoms with Crippen molar-refractivity contribution >= 4 is 11.9 Å². The summed E-state index contributed by atoms with van der Waals surface area (Å²) in [6, 6.07) is 0. The van der Waals surface area contributed by atoms with Crippen LogP contribution in [0.15, 0.2) is 23.8 Å². The minimum atomic E-state index is -1.05. The average molecular weight is 260 g/mol. The first kappa shape index (κ1) is 18.7. The molecule has 4 N–H and O–H groups in total. The minimum absolute atomic E-state index is 0.00458. The molecule has 6 heteroatoms. The maximum Gasteiger partial charge on any atom is 0.331 e. The third-order valence-corrected chi connectivity index (χ3v) is 1.76. The van der Waals surface area contributed by atoms with Crippen LogP contribution in [0.2, 0.25) is 0 Å². The Morgan fingerprint density at radius 1 is 1.28 bits per heavy atom. The van der Waals surface area contributed by atoms with Crippen LogP contribution in [0.25, 0.3) is 0 Å². The van der Waals surface area contributed by atoms with Crippen LogP contribution in [0.5, 0.6) is 0 Å². The lowest BCUT2D eigenvalue weighted by molar-refractivity contribution is -0.133. The number of aliphatic carboxylic acids is 2. The van der Waals surface area contributed by atoms with E-state index >= 15 is 0 Å². The van der Waals surface area contributed by atoms with Crippen LogP contribution in [0, 0.1) is 0 Å². The lowest BCUT2D eigenvalue weighted by Gasteiger charge is -2.01. The molecule has 0 spiro atoms. The van der Waals surface area contributed by atoms with E-state index in [0.29, 0.717) is 6.42 Å². The maximum absolute atomic E-state index is 10.1. The molecule has 104 valence electrons. The van der Waals surface area contributed by atoms with Crippen molar-refractivity contribution in [3.05, 3.63) is 23.8 Å². The molecule has 0 rings (SSSR count). The Hall–Kier alpha value is -1.66. The first-order valence-corrected chi connectivity index (χ1v) is 5.32. The summed E-state index contributed by atoms with van der Waals surface area (Å²) in [5, 5.41) is 33.4. The van der Waals surface area contributed by atoms with Gasteiger partial charge in [0.25, 0.3) is 0 Å². The topological polar surface area (TPSA) is 115 Å². The van der Waals surface area contributed by atoms with Crippen LogP contribution in [-0.4, -0.2) is 45.1 Å². The summed E-state index contributed by atoms with van der Waals surface area (Å²) in [4.78, 5) is 20.1. The second-order valence-corrected chi connectivity index (χ2v) is 3.67. The van der Waals surface area contributed by atoms with E-state index in [2.05, 4.69) is 6.58 Å². The van der Waals surface area contributed by atoms with Gasteiger partial charge in [0.05, 0.1) is 6.10 Å². The molecule has 0 aromatic heterocycles. The minimum Gasteiger partial charge on any atom is -0.478 e. The number of hydrogen-bond donors (Lipinski definition) is 4. The predicted molar refractivity (Wildman–Crippen MR) is 66.2 cm³/mol. The first-order chi connectivity index (χ1) is 8.22. The Kier molecular flexibility index (Phi) is 10.9. The molecule has 1 unspecified atom stereocenters. The molecular formula is C12H20O6. The Bertz CT molecular complexity index is 317. The third-order valence-electron chi connectivity index (χ3n) is 1.76. The fraction of sp³-hybridized carbons (Fsp3) is 0.500. The van der Waals surface area contributed by atoms with Crippen molar-refractivity contribution in [2.75, 3.05) is 6.61 Å². The van der Waals surface area contributed by atoms with Gasteiger partial charge in [-0.15, -0.1) is 0 Å². The van der Waals surface area contributed by atoms with Gasteiger partial charge < -0.3 is 20.4 Å². The SMILES string of the molecule is C=C(CC(C)O)C(=O)O.CC(=CCCO)C(=O)O. The van der Waals surface area contributed by atoms with E-state index in [-0.39, 0.29) is 24.2 Å². The second kappa shape index (κ2) is 10.5. The van der Waals surface area contributed by atoms with Crippen LogP contribution in [-0.2, 0) is 9.59 Å². The number of aliphatic hydroxyl groups is 2. The number of carboxylic acids is 2. The molecule has 0 fully saturated rings. The number of hydrogen-bond acceptors (Lipinski definition) is 4. The lowest BCUT2D eigenvalue weighted by atomic mass is 10.1. The smallest absolute Gasteiger partial charge is 0.331 e. The molecule has 0 aliphatic carbocycles. The van der Waals surface area contributed by atoms with E-state index in [1.807, 2.05) is 0 Å².